The van der Waals surface area contributed by atoms with E-state index in [4.69, 9.17) is 5.11 Å². The summed E-state index contributed by atoms with van der Waals surface area (Å²) >= 11 is 0. The van der Waals surface area contributed by atoms with E-state index in [0.29, 0.717) is 5.92 Å². The molecule has 2 N–H and O–H groups in total. The van der Waals surface area contributed by atoms with Crippen molar-refractivity contribution in [3.8, 4) is 0 Å². The van der Waals surface area contributed by atoms with Crippen molar-refractivity contribution < 1.29 is 14.7 Å². The van der Waals surface area contributed by atoms with Gasteiger partial charge in [0.05, 0.1) is 6.54 Å². The average molecular weight is 244 g/mol. The number of hydrogen-bond donors (Lipinski definition) is 2. The molecule has 0 saturated carbocycles. The lowest BCUT2D eigenvalue weighted by atomic mass is 10.0. The van der Waals surface area contributed by atoms with Crippen LogP contribution in [-0.4, -0.2) is 47.1 Å². The fraction of sp³-hybridized carbons (Fsp3) is 0.833. The van der Waals surface area contributed by atoms with Gasteiger partial charge in [-0.05, 0) is 33.7 Å². The first-order chi connectivity index (χ1) is 7.59. The molecule has 0 rings (SSSR count). The largest absolute Gasteiger partial charge is 0.480 e. The number of nitrogens with one attached hydrogen (secondary N) is 1. The van der Waals surface area contributed by atoms with Crippen LogP contribution in [0.15, 0.2) is 0 Å². The number of rotatable bonds is 6. The smallest absolute Gasteiger partial charge is 0.323 e. The van der Waals surface area contributed by atoms with Crippen molar-refractivity contribution in [2.45, 2.75) is 46.2 Å². The maximum Gasteiger partial charge on any atom is 0.323 e. The molecule has 0 aromatic heterocycles. The fourth-order valence-corrected chi connectivity index (χ4v) is 1.04. The van der Waals surface area contributed by atoms with E-state index >= 15 is 0 Å². The zero-order valence-electron chi connectivity index (χ0n) is 11.6. The predicted molar refractivity (Wildman–Crippen MR) is 66.8 cm³/mol. The highest BCUT2D eigenvalue weighted by molar-refractivity contribution is 5.81. The van der Waals surface area contributed by atoms with Gasteiger partial charge in [-0.1, -0.05) is 13.8 Å². The number of carbonyl (C=O) groups excluding carboxylic acids is 1. The minimum absolute atomic E-state index is 0.0797. The maximum absolute atomic E-state index is 11.7. The van der Waals surface area contributed by atoms with E-state index in [9.17, 15) is 9.59 Å². The maximum atomic E-state index is 11.7. The van der Waals surface area contributed by atoms with E-state index in [1.54, 1.807) is 20.9 Å². The monoisotopic (exact) mass is 244 g/mol. The molecule has 1 amide bonds. The number of hydrogen-bond acceptors (Lipinski definition) is 3. The normalized spacial score (nSPS) is 13.9. The van der Waals surface area contributed by atoms with E-state index < -0.39 is 11.5 Å². The minimum atomic E-state index is -1.04. The average Bonchev–Trinajstić information content (AvgIpc) is 2.16. The van der Waals surface area contributed by atoms with Gasteiger partial charge in [-0.3, -0.25) is 14.5 Å². The summed E-state index contributed by atoms with van der Waals surface area (Å²) in [6.07, 6.45) is 0. The summed E-state index contributed by atoms with van der Waals surface area (Å²) in [6, 6.07) is 0.0869. The lowest BCUT2D eigenvalue weighted by Gasteiger charge is -2.31. The molecule has 0 heterocycles. The molecule has 100 valence electrons. The van der Waals surface area contributed by atoms with Crippen LogP contribution >= 0.6 is 0 Å². The SMILES string of the molecule is CC(C)C(C)NC(=O)CN(C)C(C)(C)C(=O)O. The second kappa shape index (κ2) is 6.00. The van der Waals surface area contributed by atoms with Crippen molar-refractivity contribution in [3.05, 3.63) is 0 Å². The van der Waals surface area contributed by atoms with Gasteiger partial charge in [0.15, 0.2) is 0 Å². The van der Waals surface area contributed by atoms with E-state index in [1.807, 2.05) is 20.8 Å². The second-order valence-corrected chi connectivity index (χ2v) is 5.32. The first-order valence-electron chi connectivity index (χ1n) is 5.83. The van der Waals surface area contributed by atoms with Crippen LogP contribution < -0.4 is 5.32 Å². The van der Waals surface area contributed by atoms with Crippen LogP contribution in [0.25, 0.3) is 0 Å². The molecule has 0 aliphatic rings. The Morgan fingerprint density at radius 3 is 2.12 bits per heavy atom. The molecule has 0 spiro atoms. The second-order valence-electron chi connectivity index (χ2n) is 5.32. The fourth-order valence-electron chi connectivity index (χ4n) is 1.04. The summed E-state index contributed by atoms with van der Waals surface area (Å²) in [7, 11) is 1.63. The Bertz CT molecular complexity index is 287. The quantitative estimate of drug-likeness (QED) is 0.729. The van der Waals surface area contributed by atoms with Crippen molar-refractivity contribution in [1.82, 2.24) is 10.2 Å². The van der Waals surface area contributed by atoms with Crippen LogP contribution in [0.4, 0.5) is 0 Å². The highest BCUT2D eigenvalue weighted by Crippen LogP contribution is 2.11. The van der Waals surface area contributed by atoms with Gasteiger partial charge in [0.25, 0.3) is 0 Å². The number of amides is 1. The first kappa shape index (κ1) is 15.9. The molecule has 0 radical (unpaired) electrons. The molecular formula is C12H24N2O3. The van der Waals surface area contributed by atoms with Gasteiger partial charge in [-0.25, -0.2) is 0 Å². The molecule has 0 fully saturated rings. The van der Waals surface area contributed by atoms with E-state index in [0.717, 1.165) is 0 Å². The molecule has 0 saturated heterocycles. The third kappa shape index (κ3) is 4.73. The number of carboxylic acids is 1. The van der Waals surface area contributed by atoms with Gasteiger partial charge in [-0.2, -0.15) is 0 Å². The van der Waals surface area contributed by atoms with Crippen LogP contribution in [0.3, 0.4) is 0 Å². The van der Waals surface area contributed by atoms with Crippen LogP contribution in [0.5, 0.6) is 0 Å². The predicted octanol–water partition coefficient (Wildman–Crippen LogP) is 0.942. The van der Waals surface area contributed by atoms with Crippen molar-refractivity contribution in [1.29, 1.82) is 0 Å². The third-order valence-electron chi connectivity index (χ3n) is 3.25. The van der Waals surface area contributed by atoms with Gasteiger partial charge >= 0.3 is 5.97 Å². The van der Waals surface area contributed by atoms with Crippen molar-refractivity contribution in [2.75, 3.05) is 13.6 Å². The van der Waals surface area contributed by atoms with Gasteiger partial charge in [0.1, 0.15) is 5.54 Å². The summed E-state index contributed by atoms with van der Waals surface area (Å²) < 4.78 is 0. The molecule has 5 nitrogen and oxygen atoms in total. The van der Waals surface area contributed by atoms with E-state index in [1.165, 1.54) is 4.90 Å². The minimum Gasteiger partial charge on any atom is -0.480 e. The van der Waals surface area contributed by atoms with E-state index in [-0.39, 0.29) is 18.5 Å². The number of carbonyl (C=O) groups is 2. The zero-order chi connectivity index (χ0) is 13.8. The zero-order valence-corrected chi connectivity index (χ0v) is 11.6. The molecule has 0 bridgehead atoms. The molecule has 0 aliphatic heterocycles. The lowest BCUT2D eigenvalue weighted by molar-refractivity contribution is -0.149. The molecule has 0 aromatic carbocycles. The van der Waals surface area contributed by atoms with Crippen LogP contribution in [0, 0.1) is 5.92 Å². The highest BCUT2D eigenvalue weighted by Gasteiger charge is 2.33. The molecule has 5 heteroatoms. The van der Waals surface area contributed by atoms with Crippen molar-refractivity contribution >= 4 is 11.9 Å². The Morgan fingerprint density at radius 2 is 1.76 bits per heavy atom. The van der Waals surface area contributed by atoms with Crippen LogP contribution in [0.1, 0.15) is 34.6 Å². The molecule has 1 unspecified atom stereocenters. The summed E-state index contributed by atoms with van der Waals surface area (Å²) in [4.78, 5) is 24.2. The Morgan fingerprint density at radius 1 is 1.29 bits per heavy atom. The lowest BCUT2D eigenvalue weighted by Crippen LogP contribution is -2.52. The number of nitrogens with zero attached hydrogens (tertiary/aromatic N) is 1. The molecule has 1 atom stereocenters. The Hall–Kier alpha value is -1.10. The Labute approximate surface area is 103 Å². The van der Waals surface area contributed by atoms with Gasteiger partial charge < -0.3 is 10.4 Å². The summed E-state index contributed by atoms with van der Waals surface area (Å²) in [5.74, 6) is -0.732. The van der Waals surface area contributed by atoms with Crippen molar-refractivity contribution in [3.63, 3.8) is 0 Å². The summed E-state index contributed by atoms with van der Waals surface area (Å²) in [5.41, 5.74) is -1.04. The Kier molecular flexibility index (Phi) is 5.61. The van der Waals surface area contributed by atoms with Crippen LogP contribution in [0.2, 0.25) is 0 Å². The molecule has 17 heavy (non-hydrogen) atoms. The number of likely N-dealkylation sites (N-methyl/N-ethyl adjacent to an activating group) is 1. The summed E-state index contributed by atoms with van der Waals surface area (Å²) in [6.45, 7) is 9.22. The van der Waals surface area contributed by atoms with Gasteiger partial charge in [0.2, 0.25) is 5.91 Å². The van der Waals surface area contributed by atoms with Crippen molar-refractivity contribution in [2.24, 2.45) is 5.92 Å². The third-order valence-corrected chi connectivity index (χ3v) is 3.25. The molecular weight excluding hydrogens is 220 g/mol. The topological polar surface area (TPSA) is 69.6 Å². The Balaban J connectivity index is 4.36. The first-order valence-corrected chi connectivity index (χ1v) is 5.83. The van der Waals surface area contributed by atoms with Gasteiger partial charge in [-0.15, -0.1) is 0 Å². The van der Waals surface area contributed by atoms with Gasteiger partial charge in [0, 0.05) is 6.04 Å². The highest BCUT2D eigenvalue weighted by atomic mass is 16.4. The summed E-state index contributed by atoms with van der Waals surface area (Å²) in [5, 5.41) is 11.9. The van der Waals surface area contributed by atoms with Crippen LogP contribution in [-0.2, 0) is 9.59 Å². The number of aliphatic carboxylic acids is 1. The van der Waals surface area contributed by atoms with E-state index in [2.05, 4.69) is 5.32 Å². The number of carboxylic acid groups (broad SMARTS) is 1. The standard InChI is InChI=1S/C12H24N2O3/c1-8(2)9(3)13-10(15)7-14(6)12(4,5)11(16)17/h8-9H,7H2,1-6H3,(H,13,15)(H,16,17). The molecule has 0 aromatic rings. The molecule has 0 aliphatic carbocycles.